The van der Waals surface area contributed by atoms with E-state index in [9.17, 15) is 4.79 Å². The standard InChI is InChI=1S/C14H20BrNO/c1-10(2)7-12(9-16)14(17)8-11-3-5-13(15)6-4-11/h3-6,10,12H,7-9,16H2,1-2H3. The van der Waals surface area contributed by atoms with Gasteiger partial charge in [-0.05, 0) is 30.0 Å². The SMILES string of the molecule is CC(C)CC(CN)C(=O)Cc1ccc(Br)cc1. The van der Waals surface area contributed by atoms with E-state index >= 15 is 0 Å². The van der Waals surface area contributed by atoms with Crippen LogP contribution in [0, 0.1) is 11.8 Å². The summed E-state index contributed by atoms with van der Waals surface area (Å²) in [7, 11) is 0. The Bertz CT molecular complexity index is 359. The lowest BCUT2D eigenvalue weighted by molar-refractivity contribution is -0.122. The van der Waals surface area contributed by atoms with Gasteiger partial charge in [0.05, 0.1) is 0 Å². The molecule has 1 unspecified atom stereocenters. The van der Waals surface area contributed by atoms with E-state index in [1.807, 2.05) is 24.3 Å². The van der Waals surface area contributed by atoms with Crippen molar-refractivity contribution < 1.29 is 4.79 Å². The minimum atomic E-state index is -0.00125. The summed E-state index contributed by atoms with van der Waals surface area (Å²) in [5.74, 6) is 0.764. The fraction of sp³-hybridized carbons (Fsp3) is 0.500. The van der Waals surface area contributed by atoms with Gasteiger partial charge in [-0.1, -0.05) is 41.9 Å². The molecule has 0 radical (unpaired) electrons. The van der Waals surface area contributed by atoms with Crippen molar-refractivity contribution in [3.05, 3.63) is 34.3 Å². The molecule has 0 fully saturated rings. The van der Waals surface area contributed by atoms with Crippen LogP contribution in [0.25, 0.3) is 0 Å². The van der Waals surface area contributed by atoms with Crippen molar-refractivity contribution in [1.82, 2.24) is 0 Å². The summed E-state index contributed by atoms with van der Waals surface area (Å²) in [5, 5.41) is 0. The van der Waals surface area contributed by atoms with Gasteiger partial charge in [0.2, 0.25) is 0 Å². The Balaban J connectivity index is 2.60. The average Bonchev–Trinajstić information content (AvgIpc) is 2.28. The molecular formula is C14H20BrNO. The second-order valence-corrected chi connectivity index (χ2v) is 5.75. The molecular weight excluding hydrogens is 278 g/mol. The molecule has 1 aromatic carbocycles. The predicted octanol–water partition coefficient (Wildman–Crippen LogP) is 3.18. The quantitative estimate of drug-likeness (QED) is 0.876. The van der Waals surface area contributed by atoms with Crippen molar-refractivity contribution >= 4 is 21.7 Å². The van der Waals surface area contributed by atoms with Crippen LogP contribution in [0.3, 0.4) is 0 Å². The van der Waals surface area contributed by atoms with E-state index in [2.05, 4.69) is 29.8 Å². The van der Waals surface area contributed by atoms with Crippen LogP contribution in [-0.4, -0.2) is 12.3 Å². The van der Waals surface area contributed by atoms with Crippen molar-refractivity contribution in [2.75, 3.05) is 6.54 Å². The van der Waals surface area contributed by atoms with E-state index in [1.54, 1.807) is 0 Å². The number of rotatable bonds is 6. The van der Waals surface area contributed by atoms with Crippen LogP contribution in [-0.2, 0) is 11.2 Å². The highest BCUT2D eigenvalue weighted by Crippen LogP contribution is 2.16. The predicted molar refractivity (Wildman–Crippen MR) is 74.9 cm³/mol. The summed E-state index contributed by atoms with van der Waals surface area (Å²) >= 11 is 3.38. The van der Waals surface area contributed by atoms with Gasteiger partial charge in [0.1, 0.15) is 5.78 Å². The molecule has 1 rings (SSSR count). The fourth-order valence-electron chi connectivity index (χ4n) is 1.88. The Hall–Kier alpha value is -0.670. The summed E-state index contributed by atoms with van der Waals surface area (Å²) in [5.41, 5.74) is 6.73. The van der Waals surface area contributed by atoms with Crippen LogP contribution < -0.4 is 5.73 Å². The molecule has 0 aliphatic rings. The third kappa shape index (κ3) is 5.00. The fourth-order valence-corrected chi connectivity index (χ4v) is 2.14. The zero-order chi connectivity index (χ0) is 12.8. The molecule has 0 aliphatic heterocycles. The number of benzene rings is 1. The van der Waals surface area contributed by atoms with Gasteiger partial charge >= 0.3 is 0 Å². The van der Waals surface area contributed by atoms with Crippen molar-refractivity contribution in [1.29, 1.82) is 0 Å². The lowest BCUT2D eigenvalue weighted by atomic mass is 9.90. The van der Waals surface area contributed by atoms with Crippen LogP contribution in [0.15, 0.2) is 28.7 Å². The van der Waals surface area contributed by atoms with Gasteiger partial charge in [0, 0.05) is 23.4 Å². The van der Waals surface area contributed by atoms with Crippen molar-refractivity contribution in [3.63, 3.8) is 0 Å². The topological polar surface area (TPSA) is 43.1 Å². The molecule has 2 nitrogen and oxygen atoms in total. The van der Waals surface area contributed by atoms with Crippen LogP contribution in [0.1, 0.15) is 25.8 Å². The molecule has 0 bridgehead atoms. The molecule has 0 saturated heterocycles. The van der Waals surface area contributed by atoms with E-state index in [0.29, 0.717) is 18.9 Å². The molecule has 3 heteroatoms. The highest BCUT2D eigenvalue weighted by atomic mass is 79.9. The van der Waals surface area contributed by atoms with Crippen LogP contribution >= 0.6 is 15.9 Å². The Morgan fingerprint density at radius 1 is 1.29 bits per heavy atom. The lowest BCUT2D eigenvalue weighted by Gasteiger charge is -2.15. The molecule has 0 aromatic heterocycles. The van der Waals surface area contributed by atoms with Gasteiger partial charge < -0.3 is 5.73 Å². The molecule has 1 aromatic rings. The van der Waals surface area contributed by atoms with E-state index in [0.717, 1.165) is 16.5 Å². The summed E-state index contributed by atoms with van der Waals surface area (Å²) in [4.78, 5) is 12.1. The van der Waals surface area contributed by atoms with Gasteiger partial charge in [-0.3, -0.25) is 4.79 Å². The third-order valence-corrected chi connectivity index (χ3v) is 3.32. The maximum Gasteiger partial charge on any atom is 0.141 e. The van der Waals surface area contributed by atoms with Crippen molar-refractivity contribution in [2.45, 2.75) is 26.7 Å². The normalized spacial score (nSPS) is 12.8. The van der Waals surface area contributed by atoms with Crippen molar-refractivity contribution in [3.8, 4) is 0 Å². The highest BCUT2D eigenvalue weighted by molar-refractivity contribution is 9.10. The number of carbonyl (C=O) groups is 1. The van der Waals surface area contributed by atoms with Gasteiger partial charge in [-0.2, -0.15) is 0 Å². The summed E-state index contributed by atoms with van der Waals surface area (Å²) in [6, 6.07) is 7.88. The number of ketones is 1. The first-order valence-electron chi connectivity index (χ1n) is 6.00. The number of carbonyl (C=O) groups excluding carboxylic acids is 1. The van der Waals surface area contributed by atoms with Crippen LogP contribution in [0.2, 0.25) is 0 Å². The Morgan fingerprint density at radius 2 is 1.88 bits per heavy atom. The molecule has 94 valence electrons. The maximum atomic E-state index is 12.1. The molecule has 0 aliphatic carbocycles. The van der Waals surface area contributed by atoms with E-state index in [1.165, 1.54) is 0 Å². The summed E-state index contributed by atoms with van der Waals surface area (Å²) in [6.07, 6.45) is 1.37. The molecule has 0 heterocycles. The first-order chi connectivity index (χ1) is 8.02. The Morgan fingerprint density at radius 3 is 2.35 bits per heavy atom. The summed E-state index contributed by atoms with van der Waals surface area (Å²) < 4.78 is 1.03. The maximum absolute atomic E-state index is 12.1. The molecule has 0 spiro atoms. The zero-order valence-corrected chi connectivity index (χ0v) is 12.0. The Labute approximate surface area is 112 Å². The van der Waals surface area contributed by atoms with Gasteiger partial charge in [-0.25, -0.2) is 0 Å². The monoisotopic (exact) mass is 297 g/mol. The molecule has 17 heavy (non-hydrogen) atoms. The molecule has 0 amide bonds. The largest absolute Gasteiger partial charge is 0.330 e. The lowest BCUT2D eigenvalue weighted by Crippen LogP contribution is -2.26. The number of Topliss-reactive ketones (excluding diaryl/α,β-unsaturated/α-hetero) is 1. The Kier molecular flexibility index (Phi) is 5.86. The molecule has 1 atom stereocenters. The number of hydrogen-bond acceptors (Lipinski definition) is 2. The number of hydrogen-bond donors (Lipinski definition) is 1. The van der Waals surface area contributed by atoms with E-state index < -0.39 is 0 Å². The first kappa shape index (κ1) is 14.4. The van der Waals surface area contributed by atoms with Gasteiger partial charge in [0.25, 0.3) is 0 Å². The average molecular weight is 298 g/mol. The van der Waals surface area contributed by atoms with Gasteiger partial charge in [-0.15, -0.1) is 0 Å². The van der Waals surface area contributed by atoms with E-state index in [-0.39, 0.29) is 11.7 Å². The van der Waals surface area contributed by atoms with E-state index in [4.69, 9.17) is 5.73 Å². The van der Waals surface area contributed by atoms with Crippen LogP contribution in [0.5, 0.6) is 0 Å². The minimum Gasteiger partial charge on any atom is -0.330 e. The number of nitrogens with two attached hydrogens (primary N) is 1. The molecule has 2 N–H and O–H groups in total. The van der Waals surface area contributed by atoms with Crippen molar-refractivity contribution in [2.24, 2.45) is 17.6 Å². The van der Waals surface area contributed by atoms with Crippen LogP contribution in [0.4, 0.5) is 0 Å². The highest BCUT2D eigenvalue weighted by Gasteiger charge is 2.18. The molecule has 0 saturated carbocycles. The third-order valence-electron chi connectivity index (χ3n) is 2.79. The smallest absolute Gasteiger partial charge is 0.141 e. The summed E-state index contributed by atoms with van der Waals surface area (Å²) in [6.45, 7) is 4.69. The zero-order valence-electron chi connectivity index (χ0n) is 10.4. The van der Waals surface area contributed by atoms with Gasteiger partial charge in [0.15, 0.2) is 0 Å². The second kappa shape index (κ2) is 6.92. The first-order valence-corrected chi connectivity index (χ1v) is 6.79. The minimum absolute atomic E-state index is 0.00125. The number of halogens is 1. The second-order valence-electron chi connectivity index (χ2n) is 4.83.